The molecule has 1 rings (SSSR count). The van der Waals surface area contributed by atoms with E-state index in [-0.39, 0.29) is 11.7 Å². The van der Waals surface area contributed by atoms with Gasteiger partial charge in [0.25, 0.3) is 0 Å². The average Bonchev–Trinajstić information content (AvgIpc) is 2.46. The second kappa shape index (κ2) is 7.47. The number of carbonyl (C=O) groups excluding carboxylic acids is 1. The van der Waals surface area contributed by atoms with Crippen LogP contribution in [0, 0.1) is 0 Å². The zero-order chi connectivity index (χ0) is 16.0. The molecular weight excluding hydrogens is 288 g/mol. The Morgan fingerprint density at radius 2 is 1.90 bits per heavy atom. The highest BCUT2D eigenvalue weighted by molar-refractivity contribution is 8.01. The number of rotatable bonds is 7. The number of carboxylic acids is 1. The van der Waals surface area contributed by atoms with Gasteiger partial charge in [-0.05, 0) is 32.9 Å². The fourth-order valence-corrected chi connectivity index (χ4v) is 2.76. The lowest BCUT2D eigenvalue weighted by molar-refractivity contribution is -0.139. The number of nitrogens with zero attached hydrogens (tertiary/aromatic N) is 1. The van der Waals surface area contributed by atoms with Gasteiger partial charge in [-0.25, -0.2) is 0 Å². The minimum absolute atomic E-state index is 0.0561. The first-order valence-corrected chi connectivity index (χ1v) is 7.76. The predicted octanol–water partition coefficient (Wildman–Crippen LogP) is 1.96. The lowest BCUT2D eigenvalue weighted by atomic mass is 10.1. The molecule has 0 spiro atoms. The van der Waals surface area contributed by atoms with Crippen LogP contribution in [0.15, 0.2) is 30.3 Å². The van der Waals surface area contributed by atoms with Crippen molar-refractivity contribution in [3.05, 3.63) is 30.3 Å². The van der Waals surface area contributed by atoms with Crippen LogP contribution in [0.25, 0.3) is 0 Å². The minimum Gasteiger partial charge on any atom is -0.480 e. The molecule has 0 aromatic heterocycles. The summed E-state index contributed by atoms with van der Waals surface area (Å²) in [6.45, 7) is 5.95. The number of thioether (sulfide) groups is 1. The van der Waals surface area contributed by atoms with Crippen molar-refractivity contribution in [2.75, 3.05) is 17.2 Å². The summed E-state index contributed by atoms with van der Waals surface area (Å²) in [5.41, 5.74) is 6.49. The van der Waals surface area contributed by atoms with Crippen LogP contribution in [-0.2, 0) is 9.59 Å². The molecule has 0 unspecified atom stereocenters. The van der Waals surface area contributed by atoms with Crippen LogP contribution in [0.2, 0.25) is 0 Å². The molecular formula is C15H22N2O3S. The van der Waals surface area contributed by atoms with Crippen LogP contribution in [-0.4, -0.2) is 40.1 Å². The Bertz CT molecular complexity index is 491. The van der Waals surface area contributed by atoms with Gasteiger partial charge in [0.15, 0.2) is 0 Å². The third-order valence-corrected chi connectivity index (χ3v) is 4.66. The highest BCUT2D eigenvalue weighted by atomic mass is 32.2. The van der Waals surface area contributed by atoms with Crippen LogP contribution in [0.3, 0.4) is 0 Å². The Kier molecular flexibility index (Phi) is 6.23. The van der Waals surface area contributed by atoms with Crippen LogP contribution in [0.1, 0.15) is 20.8 Å². The number of carboxylic acid groups (broad SMARTS) is 1. The maximum absolute atomic E-state index is 12.3. The lowest BCUT2D eigenvalue weighted by Gasteiger charge is -2.29. The summed E-state index contributed by atoms with van der Waals surface area (Å²) in [5.74, 6) is -0.925. The van der Waals surface area contributed by atoms with Crippen molar-refractivity contribution in [3.8, 4) is 0 Å². The van der Waals surface area contributed by atoms with Crippen molar-refractivity contribution in [1.29, 1.82) is 0 Å². The van der Waals surface area contributed by atoms with E-state index in [1.807, 2.05) is 37.3 Å². The standard InChI is InChI=1S/C15H22N2O3S/c1-4-17(11-8-6-5-7-9-11)12(18)10-21-15(2,3)13(16)14(19)20/h5-9,13H,4,10,16H2,1-3H3,(H,19,20)/t13-/m0/s1. The summed E-state index contributed by atoms with van der Waals surface area (Å²) in [6, 6.07) is 8.39. The number of nitrogens with two attached hydrogens (primary N) is 1. The number of anilines is 1. The van der Waals surface area contributed by atoms with Gasteiger partial charge in [-0.15, -0.1) is 11.8 Å². The molecule has 0 radical (unpaired) electrons. The van der Waals surface area contributed by atoms with Crippen molar-refractivity contribution in [2.24, 2.45) is 5.73 Å². The summed E-state index contributed by atoms with van der Waals surface area (Å²) in [6.07, 6.45) is 0. The zero-order valence-electron chi connectivity index (χ0n) is 12.6. The second-order valence-corrected chi connectivity index (χ2v) is 6.81. The van der Waals surface area contributed by atoms with Gasteiger partial charge in [-0.1, -0.05) is 18.2 Å². The zero-order valence-corrected chi connectivity index (χ0v) is 13.4. The molecule has 6 heteroatoms. The Balaban J connectivity index is 2.70. The van der Waals surface area contributed by atoms with Crippen LogP contribution in [0.4, 0.5) is 5.69 Å². The van der Waals surface area contributed by atoms with E-state index in [1.165, 1.54) is 11.8 Å². The van der Waals surface area contributed by atoms with E-state index in [0.717, 1.165) is 5.69 Å². The Morgan fingerprint density at radius 1 is 1.33 bits per heavy atom. The number of hydrogen-bond acceptors (Lipinski definition) is 4. The largest absolute Gasteiger partial charge is 0.480 e. The Morgan fingerprint density at radius 3 is 2.38 bits per heavy atom. The average molecular weight is 310 g/mol. The third-order valence-electron chi connectivity index (χ3n) is 3.27. The monoisotopic (exact) mass is 310 g/mol. The van der Waals surface area contributed by atoms with Crippen molar-refractivity contribution in [2.45, 2.75) is 31.6 Å². The van der Waals surface area contributed by atoms with Gasteiger partial charge in [0.1, 0.15) is 6.04 Å². The third kappa shape index (κ3) is 4.75. The number of para-hydroxylation sites is 1. The van der Waals surface area contributed by atoms with Gasteiger partial charge in [0.2, 0.25) is 5.91 Å². The molecule has 0 aliphatic carbocycles. The summed E-state index contributed by atoms with van der Waals surface area (Å²) >= 11 is 1.26. The summed E-state index contributed by atoms with van der Waals surface area (Å²) in [7, 11) is 0. The van der Waals surface area contributed by atoms with E-state index >= 15 is 0 Å². The lowest BCUT2D eigenvalue weighted by Crippen LogP contribution is -2.47. The van der Waals surface area contributed by atoms with E-state index < -0.39 is 16.8 Å². The first-order valence-electron chi connectivity index (χ1n) is 6.77. The Hall–Kier alpha value is -1.53. The number of carbonyl (C=O) groups is 2. The molecule has 1 aromatic carbocycles. The molecule has 116 valence electrons. The fraction of sp³-hybridized carbons (Fsp3) is 0.467. The molecule has 0 heterocycles. The number of benzene rings is 1. The molecule has 1 aromatic rings. The maximum atomic E-state index is 12.3. The molecule has 0 aliphatic heterocycles. The van der Waals surface area contributed by atoms with Gasteiger partial charge in [-0.2, -0.15) is 0 Å². The van der Waals surface area contributed by atoms with E-state index in [1.54, 1.807) is 18.7 Å². The van der Waals surface area contributed by atoms with E-state index in [9.17, 15) is 9.59 Å². The summed E-state index contributed by atoms with van der Waals surface area (Å²) in [5, 5.41) is 8.98. The summed E-state index contributed by atoms with van der Waals surface area (Å²) < 4.78 is -0.711. The van der Waals surface area contributed by atoms with Gasteiger partial charge >= 0.3 is 5.97 Å². The number of hydrogen-bond donors (Lipinski definition) is 2. The molecule has 0 fully saturated rings. The predicted molar refractivity (Wildman–Crippen MR) is 86.6 cm³/mol. The molecule has 3 N–H and O–H groups in total. The van der Waals surface area contributed by atoms with Crippen molar-refractivity contribution in [3.63, 3.8) is 0 Å². The molecule has 1 atom stereocenters. The van der Waals surface area contributed by atoms with Gasteiger partial charge < -0.3 is 15.7 Å². The van der Waals surface area contributed by atoms with Gasteiger partial charge in [-0.3, -0.25) is 9.59 Å². The number of aliphatic carboxylic acids is 1. The fourth-order valence-electron chi connectivity index (χ4n) is 1.82. The molecule has 21 heavy (non-hydrogen) atoms. The molecule has 0 saturated heterocycles. The van der Waals surface area contributed by atoms with E-state index in [4.69, 9.17) is 10.8 Å². The van der Waals surface area contributed by atoms with Gasteiger partial charge in [0.05, 0.1) is 5.75 Å². The van der Waals surface area contributed by atoms with Crippen molar-refractivity contribution >= 4 is 29.3 Å². The van der Waals surface area contributed by atoms with Crippen LogP contribution in [0.5, 0.6) is 0 Å². The highest BCUT2D eigenvalue weighted by Crippen LogP contribution is 2.28. The van der Waals surface area contributed by atoms with E-state index in [0.29, 0.717) is 6.54 Å². The first-order chi connectivity index (χ1) is 9.79. The molecule has 0 saturated carbocycles. The first kappa shape index (κ1) is 17.5. The summed E-state index contributed by atoms with van der Waals surface area (Å²) in [4.78, 5) is 25.0. The number of amides is 1. The van der Waals surface area contributed by atoms with Gasteiger partial charge in [0, 0.05) is 17.0 Å². The molecule has 1 amide bonds. The highest BCUT2D eigenvalue weighted by Gasteiger charge is 2.33. The van der Waals surface area contributed by atoms with E-state index in [2.05, 4.69) is 0 Å². The Labute approximate surface area is 129 Å². The minimum atomic E-state index is -1.06. The second-order valence-electron chi connectivity index (χ2n) is 5.18. The topological polar surface area (TPSA) is 83.6 Å². The van der Waals surface area contributed by atoms with Crippen molar-refractivity contribution < 1.29 is 14.7 Å². The normalized spacial score (nSPS) is 12.8. The smallest absolute Gasteiger partial charge is 0.321 e. The van der Waals surface area contributed by atoms with Crippen LogP contribution >= 0.6 is 11.8 Å². The van der Waals surface area contributed by atoms with Crippen LogP contribution < -0.4 is 10.6 Å². The molecule has 0 bridgehead atoms. The quantitative estimate of drug-likeness (QED) is 0.804. The molecule has 5 nitrogen and oxygen atoms in total. The van der Waals surface area contributed by atoms with Crippen molar-refractivity contribution in [1.82, 2.24) is 0 Å². The molecule has 0 aliphatic rings. The SMILES string of the molecule is CCN(C(=O)CSC(C)(C)[C@@H](N)C(=O)O)c1ccccc1. The maximum Gasteiger partial charge on any atom is 0.321 e.